The number of hydrogen-bond acceptors (Lipinski definition) is 2. The van der Waals surface area contributed by atoms with Gasteiger partial charge in [-0.2, -0.15) is 0 Å². The second-order valence-corrected chi connectivity index (χ2v) is 6.21. The summed E-state index contributed by atoms with van der Waals surface area (Å²) in [5.41, 5.74) is -0.605. The maximum Gasteiger partial charge on any atom is 0.143 e. The molecule has 0 aliphatic rings. The predicted molar refractivity (Wildman–Crippen MR) is 59.1 cm³/mol. The van der Waals surface area contributed by atoms with Gasteiger partial charge in [-0.15, -0.1) is 0 Å². The Morgan fingerprint density at radius 1 is 1.07 bits per heavy atom. The molecule has 0 heterocycles. The van der Waals surface area contributed by atoms with Crippen molar-refractivity contribution in [1.29, 1.82) is 0 Å². The molecule has 1 N–H and O–H groups in total. The summed E-state index contributed by atoms with van der Waals surface area (Å²) in [6.07, 6.45) is -0.575. The zero-order valence-electron chi connectivity index (χ0n) is 10.5. The van der Waals surface area contributed by atoms with Gasteiger partial charge in [0.15, 0.2) is 0 Å². The molecule has 0 spiro atoms. The molecule has 0 fully saturated rings. The van der Waals surface area contributed by atoms with Gasteiger partial charge in [0, 0.05) is 11.3 Å². The van der Waals surface area contributed by atoms with Gasteiger partial charge < -0.3 is 5.11 Å². The molecule has 0 aliphatic heterocycles. The lowest BCUT2D eigenvalue weighted by Crippen LogP contribution is -2.40. The number of Topliss-reactive ketones (excluding diaryl/α,β-unsaturated/α-hetero) is 1. The highest BCUT2D eigenvalue weighted by atomic mass is 16.3. The molecule has 0 amide bonds. The fraction of sp³-hybridized carbons (Fsp3) is 0.917. The summed E-state index contributed by atoms with van der Waals surface area (Å²) in [5.74, 6) is -0.171. The van der Waals surface area contributed by atoms with E-state index in [9.17, 15) is 9.90 Å². The summed E-state index contributed by atoms with van der Waals surface area (Å²) in [4.78, 5) is 11.9. The van der Waals surface area contributed by atoms with E-state index >= 15 is 0 Å². The summed E-state index contributed by atoms with van der Waals surface area (Å²) < 4.78 is 0. The van der Waals surface area contributed by atoms with Crippen LogP contribution < -0.4 is 0 Å². The summed E-state index contributed by atoms with van der Waals surface area (Å²) in [5, 5.41) is 9.97. The van der Waals surface area contributed by atoms with Gasteiger partial charge >= 0.3 is 0 Å². The zero-order valence-corrected chi connectivity index (χ0v) is 10.5. The molecule has 0 rings (SSSR count). The van der Waals surface area contributed by atoms with Crippen LogP contribution >= 0.6 is 0 Å². The van der Waals surface area contributed by atoms with Crippen molar-refractivity contribution in [3.05, 3.63) is 0 Å². The van der Waals surface area contributed by atoms with Gasteiger partial charge in [-0.1, -0.05) is 48.5 Å². The van der Waals surface area contributed by atoms with E-state index in [-0.39, 0.29) is 22.5 Å². The van der Waals surface area contributed by atoms with E-state index in [2.05, 4.69) is 0 Å². The second kappa shape index (κ2) is 4.01. The molecule has 2 unspecified atom stereocenters. The number of carbonyl (C=O) groups is 1. The van der Waals surface area contributed by atoms with Crippen LogP contribution in [-0.2, 0) is 4.79 Å². The average molecular weight is 200 g/mol. The van der Waals surface area contributed by atoms with E-state index in [1.165, 1.54) is 0 Å². The molecule has 0 saturated heterocycles. The predicted octanol–water partition coefficient (Wildman–Crippen LogP) is 2.64. The molecule has 0 aromatic rings. The monoisotopic (exact) mass is 200 g/mol. The quantitative estimate of drug-likeness (QED) is 0.744. The molecule has 2 nitrogen and oxygen atoms in total. The fourth-order valence-corrected chi connectivity index (χ4v) is 1.58. The van der Waals surface area contributed by atoms with Crippen LogP contribution in [0.3, 0.4) is 0 Å². The van der Waals surface area contributed by atoms with Gasteiger partial charge in [-0.3, -0.25) is 4.79 Å². The van der Waals surface area contributed by atoms with E-state index < -0.39 is 6.10 Å². The first-order chi connectivity index (χ1) is 5.98. The molecule has 2 atom stereocenters. The van der Waals surface area contributed by atoms with Crippen molar-refractivity contribution in [2.45, 2.75) is 54.6 Å². The molecule has 14 heavy (non-hydrogen) atoms. The summed E-state index contributed by atoms with van der Waals surface area (Å²) in [6, 6.07) is 0. The third-order valence-electron chi connectivity index (χ3n) is 2.51. The van der Waals surface area contributed by atoms with Crippen LogP contribution in [0.15, 0.2) is 0 Å². The van der Waals surface area contributed by atoms with Gasteiger partial charge in [0.25, 0.3) is 0 Å². The molecule has 2 heteroatoms. The third kappa shape index (κ3) is 3.41. The van der Waals surface area contributed by atoms with E-state index in [0.29, 0.717) is 0 Å². The smallest absolute Gasteiger partial charge is 0.143 e. The van der Waals surface area contributed by atoms with Gasteiger partial charge in [-0.25, -0.2) is 0 Å². The van der Waals surface area contributed by atoms with Crippen LogP contribution in [0, 0.1) is 16.7 Å². The van der Waals surface area contributed by atoms with Gasteiger partial charge in [0.2, 0.25) is 0 Å². The minimum Gasteiger partial charge on any atom is -0.392 e. The molecular formula is C12H24O2. The Kier molecular flexibility index (Phi) is 3.91. The SMILES string of the molecule is CC(C(=O)C(C)(C)C)C(O)C(C)(C)C. The van der Waals surface area contributed by atoms with Crippen LogP contribution in [0.1, 0.15) is 48.5 Å². The summed E-state index contributed by atoms with van der Waals surface area (Å²) >= 11 is 0. The Labute approximate surface area is 87.7 Å². The number of aliphatic hydroxyl groups excluding tert-OH is 1. The second-order valence-electron chi connectivity index (χ2n) is 6.21. The van der Waals surface area contributed by atoms with Crippen LogP contribution in [0.2, 0.25) is 0 Å². The van der Waals surface area contributed by atoms with E-state index in [1.54, 1.807) is 0 Å². The average Bonchev–Trinajstić information content (AvgIpc) is 1.97. The van der Waals surface area contributed by atoms with E-state index in [0.717, 1.165) is 0 Å². The molecule has 0 saturated carbocycles. The first-order valence-electron chi connectivity index (χ1n) is 5.20. The summed E-state index contributed by atoms with van der Waals surface area (Å²) in [6.45, 7) is 13.3. The standard InChI is InChI=1S/C12H24O2/c1-8(9(13)11(2,3)4)10(14)12(5,6)7/h8-9,13H,1-7H3. The van der Waals surface area contributed by atoms with Crippen molar-refractivity contribution in [1.82, 2.24) is 0 Å². The first kappa shape index (κ1) is 13.6. The Morgan fingerprint density at radius 2 is 1.43 bits per heavy atom. The first-order valence-corrected chi connectivity index (χ1v) is 5.20. The van der Waals surface area contributed by atoms with Crippen molar-refractivity contribution in [2.24, 2.45) is 16.7 Å². The van der Waals surface area contributed by atoms with Gasteiger partial charge in [0.1, 0.15) is 5.78 Å². The molecule has 0 aliphatic carbocycles. The van der Waals surface area contributed by atoms with E-state index in [1.807, 2.05) is 48.5 Å². The zero-order chi connectivity index (χ0) is 11.7. The van der Waals surface area contributed by atoms with Crippen LogP contribution in [0.25, 0.3) is 0 Å². The van der Waals surface area contributed by atoms with Crippen LogP contribution in [0.5, 0.6) is 0 Å². The fourth-order valence-electron chi connectivity index (χ4n) is 1.58. The minimum atomic E-state index is -0.575. The molecule has 0 bridgehead atoms. The number of ketones is 1. The largest absolute Gasteiger partial charge is 0.392 e. The number of hydrogen-bond donors (Lipinski definition) is 1. The van der Waals surface area contributed by atoms with Crippen molar-refractivity contribution in [2.75, 3.05) is 0 Å². The lowest BCUT2D eigenvalue weighted by Gasteiger charge is -2.33. The van der Waals surface area contributed by atoms with Crippen molar-refractivity contribution in [3.8, 4) is 0 Å². The lowest BCUT2D eigenvalue weighted by atomic mass is 9.74. The maximum atomic E-state index is 11.9. The number of aliphatic hydroxyl groups is 1. The number of rotatable bonds is 2. The Balaban J connectivity index is 4.65. The Hall–Kier alpha value is -0.370. The Morgan fingerprint density at radius 3 is 1.64 bits per heavy atom. The van der Waals surface area contributed by atoms with Crippen molar-refractivity contribution < 1.29 is 9.90 Å². The highest BCUT2D eigenvalue weighted by Crippen LogP contribution is 2.30. The lowest BCUT2D eigenvalue weighted by molar-refractivity contribution is -0.136. The Bertz CT molecular complexity index is 205. The number of carbonyl (C=O) groups excluding carboxylic acids is 1. The van der Waals surface area contributed by atoms with Crippen LogP contribution in [-0.4, -0.2) is 17.0 Å². The highest BCUT2D eigenvalue weighted by molar-refractivity contribution is 5.86. The van der Waals surface area contributed by atoms with Gasteiger partial charge in [-0.05, 0) is 5.41 Å². The molecular weight excluding hydrogens is 176 g/mol. The van der Waals surface area contributed by atoms with E-state index in [4.69, 9.17) is 0 Å². The molecule has 84 valence electrons. The molecule has 0 aromatic heterocycles. The topological polar surface area (TPSA) is 37.3 Å². The molecule has 0 aromatic carbocycles. The minimum absolute atomic E-state index is 0.125. The summed E-state index contributed by atoms with van der Waals surface area (Å²) in [7, 11) is 0. The third-order valence-corrected chi connectivity index (χ3v) is 2.51. The molecule has 0 radical (unpaired) electrons. The highest BCUT2D eigenvalue weighted by Gasteiger charge is 2.36. The van der Waals surface area contributed by atoms with Crippen molar-refractivity contribution in [3.63, 3.8) is 0 Å². The van der Waals surface area contributed by atoms with Crippen LogP contribution in [0.4, 0.5) is 0 Å². The van der Waals surface area contributed by atoms with Gasteiger partial charge in [0.05, 0.1) is 6.10 Å². The maximum absolute atomic E-state index is 11.9. The van der Waals surface area contributed by atoms with Crippen molar-refractivity contribution >= 4 is 5.78 Å². The normalized spacial score (nSPS) is 17.7.